The minimum absolute atomic E-state index is 0.108. The second-order valence-electron chi connectivity index (χ2n) is 5.63. The molecule has 0 spiro atoms. The van der Waals surface area contributed by atoms with Gasteiger partial charge in [-0.2, -0.15) is 11.8 Å². The van der Waals surface area contributed by atoms with Crippen LogP contribution in [0, 0.1) is 0 Å². The lowest BCUT2D eigenvalue weighted by molar-refractivity contribution is 0.399. The van der Waals surface area contributed by atoms with Crippen LogP contribution in [0.4, 0.5) is 0 Å². The summed E-state index contributed by atoms with van der Waals surface area (Å²) < 4.78 is 0. The number of benzene rings is 1. The number of aliphatic imine (C=N–C) groups is 1. The van der Waals surface area contributed by atoms with Crippen LogP contribution in [0.2, 0.25) is 0 Å². The topological polar surface area (TPSA) is 41.6 Å². The summed E-state index contributed by atoms with van der Waals surface area (Å²) in [7, 11) is 0. The first-order chi connectivity index (χ1) is 10.2. The molecule has 0 aliphatic carbocycles. The van der Waals surface area contributed by atoms with Gasteiger partial charge in [-0.25, -0.2) is 0 Å². The Balaban J connectivity index is 2.12. The minimum Gasteiger partial charge on any atom is -0.370 e. The quantitative estimate of drug-likeness (QED) is 0.671. The van der Waals surface area contributed by atoms with Crippen LogP contribution in [0.1, 0.15) is 32.3 Å². The van der Waals surface area contributed by atoms with Gasteiger partial charge >= 0.3 is 0 Å². The van der Waals surface area contributed by atoms with Crippen molar-refractivity contribution in [2.45, 2.75) is 32.1 Å². The molecule has 1 aliphatic rings. The summed E-state index contributed by atoms with van der Waals surface area (Å²) in [6.45, 7) is 7.33. The highest BCUT2D eigenvalue weighted by molar-refractivity contribution is 7.99. The summed E-state index contributed by atoms with van der Waals surface area (Å²) in [5.74, 6) is 3.03. The third-order valence-corrected chi connectivity index (χ3v) is 5.56. The smallest absolute Gasteiger partial charge is 0.191 e. The fourth-order valence-corrected chi connectivity index (χ4v) is 3.79. The van der Waals surface area contributed by atoms with E-state index in [1.165, 1.54) is 5.56 Å². The van der Waals surface area contributed by atoms with E-state index in [1.54, 1.807) is 0 Å². The van der Waals surface area contributed by atoms with Crippen LogP contribution < -0.4 is 5.73 Å². The van der Waals surface area contributed by atoms with E-state index < -0.39 is 0 Å². The molecule has 1 saturated heterocycles. The maximum absolute atomic E-state index is 6.21. The molecule has 2 rings (SSSR count). The van der Waals surface area contributed by atoms with Gasteiger partial charge in [-0.15, -0.1) is 0 Å². The van der Waals surface area contributed by atoms with E-state index in [1.807, 2.05) is 11.8 Å². The first-order valence-electron chi connectivity index (χ1n) is 7.90. The molecule has 0 saturated carbocycles. The zero-order valence-corrected chi connectivity index (χ0v) is 14.0. The van der Waals surface area contributed by atoms with Gasteiger partial charge in [-0.3, -0.25) is 4.99 Å². The fourth-order valence-electron chi connectivity index (χ4n) is 2.89. The molecule has 1 fully saturated rings. The Morgan fingerprint density at radius 2 is 1.81 bits per heavy atom. The number of rotatable bonds is 5. The second-order valence-corrected chi connectivity index (χ2v) is 6.85. The lowest BCUT2D eigenvalue weighted by Crippen LogP contribution is -2.43. The summed E-state index contributed by atoms with van der Waals surface area (Å²) in [6.07, 6.45) is 2.17. The summed E-state index contributed by atoms with van der Waals surface area (Å²) in [4.78, 5) is 6.97. The predicted molar refractivity (Wildman–Crippen MR) is 94.1 cm³/mol. The molecule has 21 heavy (non-hydrogen) atoms. The van der Waals surface area contributed by atoms with E-state index in [0.717, 1.165) is 49.9 Å². The standard InChI is InChI=1S/C17H27N3S/c1-3-17(4-2,15-8-6-5-7-9-15)14-19-16(18)20-10-12-21-13-11-20/h5-9H,3-4,10-14H2,1-2H3,(H2,18,19). The van der Waals surface area contributed by atoms with E-state index >= 15 is 0 Å². The van der Waals surface area contributed by atoms with Crippen molar-refractivity contribution < 1.29 is 0 Å². The van der Waals surface area contributed by atoms with Crippen molar-refractivity contribution >= 4 is 17.7 Å². The van der Waals surface area contributed by atoms with Crippen molar-refractivity contribution in [3.63, 3.8) is 0 Å². The lowest BCUT2D eigenvalue weighted by atomic mass is 9.76. The summed E-state index contributed by atoms with van der Waals surface area (Å²) in [6, 6.07) is 10.7. The van der Waals surface area contributed by atoms with E-state index in [2.05, 4.69) is 49.1 Å². The molecule has 1 aromatic carbocycles. The predicted octanol–water partition coefficient (Wildman–Crippen LogP) is 3.11. The SMILES string of the molecule is CCC(CC)(CN=C(N)N1CCSCC1)c1ccccc1. The average Bonchev–Trinajstić information content (AvgIpc) is 2.58. The molecule has 0 bridgehead atoms. The van der Waals surface area contributed by atoms with Gasteiger partial charge in [0.25, 0.3) is 0 Å². The van der Waals surface area contributed by atoms with Gasteiger partial charge in [0, 0.05) is 30.0 Å². The van der Waals surface area contributed by atoms with Crippen LogP contribution >= 0.6 is 11.8 Å². The molecule has 1 heterocycles. The van der Waals surface area contributed by atoms with E-state index in [9.17, 15) is 0 Å². The van der Waals surface area contributed by atoms with E-state index in [0.29, 0.717) is 0 Å². The minimum atomic E-state index is 0.108. The van der Waals surface area contributed by atoms with Gasteiger partial charge in [-0.1, -0.05) is 44.2 Å². The monoisotopic (exact) mass is 305 g/mol. The summed E-state index contributed by atoms with van der Waals surface area (Å²) in [5.41, 5.74) is 7.69. The molecule has 1 aromatic rings. The maximum atomic E-state index is 6.21. The Hall–Kier alpha value is -1.16. The van der Waals surface area contributed by atoms with Gasteiger partial charge in [-0.05, 0) is 18.4 Å². The Bertz CT molecular complexity index is 448. The third kappa shape index (κ3) is 3.94. The van der Waals surface area contributed by atoms with Crippen LogP contribution in [0.25, 0.3) is 0 Å². The molecule has 1 aliphatic heterocycles. The number of nitrogens with two attached hydrogens (primary N) is 1. The van der Waals surface area contributed by atoms with Gasteiger partial charge in [0.15, 0.2) is 5.96 Å². The van der Waals surface area contributed by atoms with E-state index in [-0.39, 0.29) is 5.41 Å². The normalized spacial score (nSPS) is 17.0. The fraction of sp³-hybridized carbons (Fsp3) is 0.588. The van der Waals surface area contributed by atoms with Crippen molar-refractivity contribution in [2.24, 2.45) is 10.7 Å². The Labute approximate surface area is 133 Å². The van der Waals surface area contributed by atoms with Crippen LogP contribution in [-0.2, 0) is 5.41 Å². The van der Waals surface area contributed by atoms with Gasteiger partial charge in [0.1, 0.15) is 0 Å². The average molecular weight is 305 g/mol. The number of nitrogens with zero attached hydrogens (tertiary/aromatic N) is 2. The van der Waals surface area contributed by atoms with Crippen LogP contribution in [0.15, 0.2) is 35.3 Å². The molecule has 0 atom stereocenters. The highest BCUT2D eigenvalue weighted by atomic mass is 32.2. The number of thioether (sulfide) groups is 1. The van der Waals surface area contributed by atoms with Gasteiger partial charge in [0.2, 0.25) is 0 Å². The maximum Gasteiger partial charge on any atom is 0.191 e. The first kappa shape index (κ1) is 16.2. The molecular weight excluding hydrogens is 278 g/mol. The summed E-state index contributed by atoms with van der Waals surface area (Å²) in [5, 5.41) is 0. The number of hydrogen-bond donors (Lipinski definition) is 1. The van der Waals surface area contributed by atoms with Crippen LogP contribution in [-0.4, -0.2) is 42.0 Å². The zero-order valence-electron chi connectivity index (χ0n) is 13.2. The van der Waals surface area contributed by atoms with Crippen LogP contribution in [0.5, 0.6) is 0 Å². The first-order valence-corrected chi connectivity index (χ1v) is 9.05. The molecule has 0 aromatic heterocycles. The molecule has 4 heteroatoms. The zero-order chi connectivity index (χ0) is 15.1. The third-order valence-electron chi connectivity index (χ3n) is 4.62. The molecule has 0 unspecified atom stereocenters. The molecule has 2 N–H and O–H groups in total. The van der Waals surface area contributed by atoms with Crippen molar-refractivity contribution in [3.05, 3.63) is 35.9 Å². The van der Waals surface area contributed by atoms with Gasteiger partial charge in [0.05, 0.1) is 6.54 Å². The van der Waals surface area contributed by atoms with Gasteiger partial charge < -0.3 is 10.6 Å². The number of guanidine groups is 1. The van der Waals surface area contributed by atoms with Crippen molar-refractivity contribution in [3.8, 4) is 0 Å². The second kappa shape index (κ2) is 7.74. The largest absolute Gasteiger partial charge is 0.370 e. The van der Waals surface area contributed by atoms with Crippen molar-refractivity contribution in [1.82, 2.24) is 4.90 Å². The Morgan fingerprint density at radius 3 is 2.38 bits per heavy atom. The molecule has 0 amide bonds. The van der Waals surface area contributed by atoms with Crippen molar-refractivity contribution in [1.29, 1.82) is 0 Å². The highest BCUT2D eigenvalue weighted by Gasteiger charge is 2.28. The Morgan fingerprint density at radius 1 is 1.19 bits per heavy atom. The molecule has 0 radical (unpaired) electrons. The number of hydrogen-bond acceptors (Lipinski definition) is 2. The lowest BCUT2D eigenvalue weighted by Gasteiger charge is -2.32. The summed E-state index contributed by atoms with van der Waals surface area (Å²) >= 11 is 1.99. The van der Waals surface area contributed by atoms with Crippen molar-refractivity contribution in [2.75, 3.05) is 31.1 Å². The highest BCUT2D eigenvalue weighted by Crippen LogP contribution is 2.32. The molecule has 3 nitrogen and oxygen atoms in total. The molecular formula is C17H27N3S. The molecule has 116 valence electrons. The van der Waals surface area contributed by atoms with E-state index in [4.69, 9.17) is 10.7 Å². The van der Waals surface area contributed by atoms with Crippen LogP contribution in [0.3, 0.4) is 0 Å². The Kier molecular flexibility index (Phi) is 5.97.